The second-order valence-corrected chi connectivity index (χ2v) is 5.32. The van der Waals surface area contributed by atoms with E-state index < -0.39 is 12.0 Å². The van der Waals surface area contributed by atoms with E-state index in [4.69, 9.17) is 5.11 Å². The molecule has 0 spiro atoms. The SMILES string of the molecule is CN(C)C1CCN(C(=O)N2CCC[C@@H]2C(=O)O)C1. The van der Waals surface area contributed by atoms with Gasteiger partial charge in [0, 0.05) is 25.7 Å². The van der Waals surface area contributed by atoms with Crippen molar-refractivity contribution < 1.29 is 14.7 Å². The molecule has 0 aromatic heterocycles. The Morgan fingerprint density at radius 2 is 1.94 bits per heavy atom. The predicted molar refractivity (Wildman–Crippen MR) is 66.4 cm³/mol. The molecule has 1 N–H and O–H groups in total. The van der Waals surface area contributed by atoms with Crippen molar-refractivity contribution in [3.05, 3.63) is 0 Å². The molecule has 2 amide bonds. The zero-order valence-electron chi connectivity index (χ0n) is 11.0. The molecule has 2 aliphatic heterocycles. The summed E-state index contributed by atoms with van der Waals surface area (Å²) in [4.78, 5) is 28.8. The molecule has 102 valence electrons. The number of rotatable bonds is 2. The molecule has 0 aromatic rings. The molecular weight excluding hydrogens is 234 g/mol. The molecule has 18 heavy (non-hydrogen) atoms. The van der Waals surface area contributed by atoms with Crippen molar-refractivity contribution in [1.82, 2.24) is 14.7 Å². The standard InChI is InChI=1S/C12H21N3O3/c1-13(2)9-5-7-14(8-9)12(18)15-6-3-4-10(15)11(16)17/h9-10H,3-8H2,1-2H3,(H,16,17)/t9?,10-/m1/s1. The zero-order chi connectivity index (χ0) is 13.3. The van der Waals surface area contributed by atoms with Gasteiger partial charge in [-0.25, -0.2) is 9.59 Å². The van der Waals surface area contributed by atoms with Crippen LogP contribution in [0.1, 0.15) is 19.3 Å². The van der Waals surface area contributed by atoms with Crippen molar-refractivity contribution >= 4 is 12.0 Å². The predicted octanol–water partition coefficient (Wildman–Crippen LogP) is 0.291. The lowest BCUT2D eigenvalue weighted by molar-refractivity contribution is -0.141. The maximum Gasteiger partial charge on any atom is 0.326 e. The average Bonchev–Trinajstić information content (AvgIpc) is 2.97. The van der Waals surface area contributed by atoms with Crippen molar-refractivity contribution in [2.45, 2.75) is 31.3 Å². The number of likely N-dealkylation sites (tertiary alicyclic amines) is 2. The van der Waals surface area contributed by atoms with Crippen molar-refractivity contribution in [2.24, 2.45) is 0 Å². The van der Waals surface area contributed by atoms with Gasteiger partial charge in [-0.15, -0.1) is 0 Å². The summed E-state index contributed by atoms with van der Waals surface area (Å²) in [6.07, 6.45) is 2.32. The number of carboxylic acids is 1. The first-order valence-electron chi connectivity index (χ1n) is 6.45. The Morgan fingerprint density at radius 1 is 1.22 bits per heavy atom. The Bertz CT molecular complexity index is 345. The topological polar surface area (TPSA) is 64.1 Å². The number of likely N-dealkylation sites (N-methyl/N-ethyl adjacent to an activating group) is 1. The molecule has 0 bridgehead atoms. The Labute approximate surface area is 107 Å². The third kappa shape index (κ3) is 2.43. The minimum atomic E-state index is -0.885. The Kier molecular flexibility index (Phi) is 3.75. The Morgan fingerprint density at radius 3 is 2.50 bits per heavy atom. The van der Waals surface area contributed by atoms with Gasteiger partial charge in [0.2, 0.25) is 0 Å². The largest absolute Gasteiger partial charge is 0.480 e. The van der Waals surface area contributed by atoms with Crippen LogP contribution in [0.25, 0.3) is 0 Å². The normalized spacial score (nSPS) is 28.2. The van der Waals surface area contributed by atoms with Crippen LogP contribution < -0.4 is 0 Å². The van der Waals surface area contributed by atoms with Crippen LogP contribution in [0.15, 0.2) is 0 Å². The van der Waals surface area contributed by atoms with Crippen LogP contribution in [0, 0.1) is 0 Å². The molecule has 0 aliphatic carbocycles. The number of aliphatic carboxylic acids is 1. The average molecular weight is 255 g/mol. The lowest BCUT2D eigenvalue weighted by Gasteiger charge is -2.28. The van der Waals surface area contributed by atoms with E-state index in [1.165, 1.54) is 4.90 Å². The van der Waals surface area contributed by atoms with E-state index in [2.05, 4.69) is 4.90 Å². The highest BCUT2D eigenvalue weighted by molar-refractivity contribution is 5.83. The first kappa shape index (κ1) is 13.1. The minimum absolute atomic E-state index is 0.107. The lowest BCUT2D eigenvalue weighted by atomic mass is 10.2. The fraction of sp³-hybridized carbons (Fsp3) is 0.833. The van der Waals surface area contributed by atoms with Crippen molar-refractivity contribution in [3.8, 4) is 0 Å². The third-order valence-electron chi connectivity index (χ3n) is 3.95. The fourth-order valence-corrected chi connectivity index (χ4v) is 2.77. The van der Waals surface area contributed by atoms with Gasteiger partial charge in [0.05, 0.1) is 0 Å². The van der Waals surface area contributed by atoms with Crippen LogP contribution in [0.3, 0.4) is 0 Å². The number of hydrogen-bond donors (Lipinski definition) is 1. The molecule has 2 fully saturated rings. The van der Waals surface area contributed by atoms with Gasteiger partial charge in [-0.3, -0.25) is 0 Å². The number of urea groups is 1. The van der Waals surface area contributed by atoms with E-state index in [1.807, 2.05) is 14.1 Å². The number of amides is 2. The van der Waals surface area contributed by atoms with Crippen molar-refractivity contribution in [2.75, 3.05) is 33.7 Å². The highest BCUT2D eigenvalue weighted by atomic mass is 16.4. The molecule has 2 saturated heterocycles. The monoisotopic (exact) mass is 255 g/mol. The quantitative estimate of drug-likeness (QED) is 0.770. The van der Waals surface area contributed by atoms with E-state index in [-0.39, 0.29) is 6.03 Å². The fourth-order valence-electron chi connectivity index (χ4n) is 2.77. The third-order valence-corrected chi connectivity index (χ3v) is 3.95. The van der Waals surface area contributed by atoms with Crippen LogP contribution in [0.5, 0.6) is 0 Å². The van der Waals surface area contributed by atoms with Gasteiger partial charge in [-0.2, -0.15) is 0 Å². The molecule has 2 heterocycles. The van der Waals surface area contributed by atoms with Crippen LogP contribution in [0.2, 0.25) is 0 Å². The number of carboxylic acid groups (broad SMARTS) is 1. The van der Waals surface area contributed by atoms with E-state index in [0.29, 0.717) is 25.6 Å². The van der Waals surface area contributed by atoms with Crippen LogP contribution in [-0.2, 0) is 4.79 Å². The first-order chi connectivity index (χ1) is 8.50. The van der Waals surface area contributed by atoms with E-state index in [9.17, 15) is 9.59 Å². The summed E-state index contributed by atoms with van der Waals surface area (Å²) in [6.45, 7) is 2.00. The molecule has 2 atom stereocenters. The molecule has 1 unspecified atom stereocenters. The van der Waals surface area contributed by atoms with Gasteiger partial charge in [-0.1, -0.05) is 0 Å². The molecule has 6 heteroatoms. The Hall–Kier alpha value is -1.30. The number of carbonyl (C=O) groups is 2. The Balaban J connectivity index is 1.98. The summed E-state index contributed by atoms with van der Waals surface area (Å²) in [6, 6.07) is -0.347. The molecule has 6 nitrogen and oxygen atoms in total. The molecule has 0 radical (unpaired) electrons. The number of carbonyl (C=O) groups excluding carboxylic acids is 1. The van der Waals surface area contributed by atoms with Gasteiger partial charge in [-0.05, 0) is 33.4 Å². The van der Waals surface area contributed by atoms with Gasteiger partial charge >= 0.3 is 12.0 Å². The van der Waals surface area contributed by atoms with Crippen LogP contribution >= 0.6 is 0 Å². The molecular formula is C12H21N3O3. The summed E-state index contributed by atoms with van der Waals surface area (Å²) < 4.78 is 0. The second-order valence-electron chi connectivity index (χ2n) is 5.32. The lowest BCUT2D eigenvalue weighted by Crippen LogP contribution is -2.48. The van der Waals surface area contributed by atoms with E-state index in [1.54, 1.807) is 4.90 Å². The summed E-state index contributed by atoms with van der Waals surface area (Å²) in [5, 5.41) is 9.09. The van der Waals surface area contributed by atoms with Gasteiger partial charge in [0.15, 0.2) is 0 Å². The van der Waals surface area contributed by atoms with Crippen molar-refractivity contribution in [1.29, 1.82) is 0 Å². The number of hydrogen-bond acceptors (Lipinski definition) is 3. The highest BCUT2D eigenvalue weighted by Crippen LogP contribution is 2.22. The summed E-state index contributed by atoms with van der Waals surface area (Å²) in [5.41, 5.74) is 0. The second kappa shape index (κ2) is 5.14. The van der Waals surface area contributed by atoms with Crippen LogP contribution in [0.4, 0.5) is 4.79 Å². The first-order valence-corrected chi connectivity index (χ1v) is 6.45. The molecule has 2 rings (SSSR count). The van der Waals surface area contributed by atoms with Crippen LogP contribution in [-0.4, -0.2) is 77.6 Å². The number of nitrogens with zero attached hydrogens (tertiary/aromatic N) is 3. The van der Waals surface area contributed by atoms with Gasteiger partial charge in [0.1, 0.15) is 6.04 Å². The smallest absolute Gasteiger partial charge is 0.326 e. The summed E-state index contributed by atoms with van der Waals surface area (Å²) in [7, 11) is 4.02. The maximum absolute atomic E-state index is 12.3. The summed E-state index contributed by atoms with van der Waals surface area (Å²) in [5.74, 6) is -0.885. The zero-order valence-corrected chi connectivity index (χ0v) is 11.0. The van der Waals surface area contributed by atoms with Gasteiger partial charge in [0.25, 0.3) is 0 Å². The molecule has 2 aliphatic rings. The maximum atomic E-state index is 12.3. The van der Waals surface area contributed by atoms with Crippen molar-refractivity contribution in [3.63, 3.8) is 0 Å². The highest BCUT2D eigenvalue weighted by Gasteiger charge is 2.38. The molecule has 0 saturated carbocycles. The van der Waals surface area contributed by atoms with E-state index in [0.717, 1.165) is 19.4 Å². The minimum Gasteiger partial charge on any atom is -0.480 e. The summed E-state index contributed by atoms with van der Waals surface area (Å²) >= 11 is 0. The molecule has 0 aromatic carbocycles. The van der Waals surface area contributed by atoms with Gasteiger partial charge < -0.3 is 19.8 Å². The van der Waals surface area contributed by atoms with E-state index >= 15 is 0 Å².